The Hall–Kier alpha value is -3.06. The van der Waals surface area contributed by atoms with Crippen LogP contribution in [0.25, 0.3) is 0 Å². The summed E-state index contributed by atoms with van der Waals surface area (Å²) in [7, 11) is 3.25. The van der Waals surface area contributed by atoms with Crippen LogP contribution >= 0.6 is 0 Å². The standard InChI is InChI=1S/C21H27N3O4/c1-13-6-8-17(14(2)10-13)22-21(27)23-20(26)15(3)24(4)12-16-7-9-19(28-5)18(25)11-16/h6-11,15,25H,12H2,1-5H3,(H2,22,23,26,27)/t15-/m1/s1. The maximum absolute atomic E-state index is 12.4. The fourth-order valence-electron chi connectivity index (χ4n) is 2.78. The molecule has 28 heavy (non-hydrogen) atoms. The number of hydrogen-bond donors (Lipinski definition) is 3. The Morgan fingerprint density at radius 1 is 1.18 bits per heavy atom. The van der Waals surface area contributed by atoms with Gasteiger partial charge in [0.15, 0.2) is 11.5 Å². The lowest BCUT2D eigenvalue weighted by Gasteiger charge is -2.24. The van der Waals surface area contributed by atoms with E-state index in [9.17, 15) is 14.7 Å². The lowest BCUT2D eigenvalue weighted by Crippen LogP contribution is -2.46. The van der Waals surface area contributed by atoms with Crippen molar-refractivity contribution in [2.45, 2.75) is 33.4 Å². The third kappa shape index (κ3) is 5.47. The molecule has 0 aliphatic rings. The van der Waals surface area contributed by atoms with Gasteiger partial charge in [0.05, 0.1) is 13.2 Å². The van der Waals surface area contributed by atoms with Crippen molar-refractivity contribution >= 4 is 17.6 Å². The topological polar surface area (TPSA) is 90.9 Å². The van der Waals surface area contributed by atoms with E-state index in [4.69, 9.17) is 4.74 Å². The van der Waals surface area contributed by atoms with Crippen LogP contribution in [-0.2, 0) is 11.3 Å². The van der Waals surface area contributed by atoms with E-state index < -0.39 is 18.0 Å². The fourth-order valence-corrected chi connectivity index (χ4v) is 2.78. The van der Waals surface area contributed by atoms with Gasteiger partial charge in [-0.15, -0.1) is 0 Å². The fraction of sp³-hybridized carbons (Fsp3) is 0.333. The van der Waals surface area contributed by atoms with Crippen LogP contribution in [0.2, 0.25) is 0 Å². The number of phenols is 1. The van der Waals surface area contributed by atoms with E-state index in [1.54, 1.807) is 37.1 Å². The number of carbonyl (C=O) groups excluding carboxylic acids is 2. The molecule has 7 heteroatoms. The van der Waals surface area contributed by atoms with E-state index in [1.807, 2.05) is 32.0 Å². The first kappa shape index (κ1) is 21.2. The van der Waals surface area contributed by atoms with Gasteiger partial charge in [-0.25, -0.2) is 4.79 Å². The molecule has 0 aromatic heterocycles. The molecule has 0 saturated heterocycles. The molecule has 3 N–H and O–H groups in total. The van der Waals surface area contributed by atoms with Gasteiger partial charge >= 0.3 is 6.03 Å². The summed E-state index contributed by atoms with van der Waals surface area (Å²) < 4.78 is 5.03. The second-order valence-corrected chi connectivity index (χ2v) is 6.86. The first-order chi connectivity index (χ1) is 13.2. The highest BCUT2D eigenvalue weighted by Crippen LogP contribution is 2.26. The van der Waals surface area contributed by atoms with Crippen LogP contribution in [-0.4, -0.2) is 42.1 Å². The largest absolute Gasteiger partial charge is 0.504 e. The molecular formula is C21H27N3O4. The van der Waals surface area contributed by atoms with Crippen molar-refractivity contribution in [1.29, 1.82) is 0 Å². The average molecular weight is 385 g/mol. The zero-order chi connectivity index (χ0) is 20.8. The zero-order valence-electron chi connectivity index (χ0n) is 16.9. The van der Waals surface area contributed by atoms with Gasteiger partial charge in [0.1, 0.15) is 0 Å². The van der Waals surface area contributed by atoms with E-state index in [0.717, 1.165) is 16.7 Å². The number of hydrogen-bond acceptors (Lipinski definition) is 5. The smallest absolute Gasteiger partial charge is 0.325 e. The van der Waals surface area contributed by atoms with Crippen molar-refractivity contribution < 1.29 is 19.4 Å². The number of nitrogens with zero attached hydrogens (tertiary/aromatic N) is 1. The zero-order valence-corrected chi connectivity index (χ0v) is 16.9. The molecule has 3 amide bonds. The minimum Gasteiger partial charge on any atom is -0.504 e. The first-order valence-electron chi connectivity index (χ1n) is 8.96. The lowest BCUT2D eigenvalue weighted by atomic mass is 10.1. The predicted molar refractivity (Wildman–Crippen MR) is 109 cm³/mol. The molecule has 150 valence electrons. The maximum Gasteiger partial charge on any atom is 0.325 e. The molecule has 0 saturated carbocycles. The van der Waals surface area contributed by atoms with Crippen molar-refractivity contribution in [2.75, 3.05) is 19.5 Å². The molecule has 0 unspecified atom stereocenters. The SMILES string of the molecule is COc1ccc(CN(C)[C@H](C)C(=O)NC(=O)Nc2ccc(C)cc2C)cc1O. The Bertz CT molecular complexity index is 867. The third-order valence-corrected chi connectivity index (χ3v) is 4.58. The van der Waals surface area contributed by atoms with E-state index in [2.05, 4.69) is 10.6 Å². The molecule has 1 atom stereocenters. The molecule has 0 bridgehead atoms. The van der Waals surface area contributed by atoms with Crippen molar-refractivity contribution in [2.24, 2.45) is 0 Å². The van der Waals surface area contributed by atoms with Gasteiger partial charge < -0.3 is 15.2 Å². The number of nitrogens with one attached hydrogen (secondary N) is 2. The number of ether oxygens (including phenoxy) is 1. The van der Waals surface area contributed by atoms with Crippen molar-refractivity contribution in [3.8, 4) is 11.5 Å². The van der Waals surface area contributed by atoms with Gasteiger partial charge in [-0.2, -0.15) is 0 Å². The molecule has 2 rings (SSSR count). The monoisotopic (exact) mass is 385 g/mol. The van der Waals surface area contributed by atoms with Gasteiger partial charge in [0.2, 0.25) is 5.91 Å². The minimum absolute atomic E-state index is 0.0401. The average Bonchev–Trinajstić information content (AvgIpc) is 2.63. The molecule has 2 aromatic carbocycles. The second-order valence-electron chi connectivity index (χ2n) is 6.86. The summed E-state index contributed by atoms with van der Waals surface area (Å²) in [6.45, 7) is 6.00. The van der Waals surface area contributed by atoms with Gasteiger partial charge in [-0.3, -0.25) is 15.0 Å². The Kier molecular flexibility index (Phi) is 7.00. The van der Waals surface area contributed by atoms with Gasteiger partial charge in [0, 0.05) is 12.2 Å². The second kappa shape index (κ2) is 9.23. The van der Waals surface area contributed by atoms with Crippen molar-refractivity contribution in [1.82, 2.24) is 10.2 Å². The Morgan fingerprint density at radius 3 is 2.50 bits per heavy atom. The van der Waals surface area contributed by atoms with Crippen LogP contribution in [0, 0.1) is 13.8 Å². The van der Waals surface area contributed by atoms with E-state index in [-0.39, 0.29) is 5.75 Å². The van der Waals surface area contributed by atoms with Crippen LogP contribution in [0.1, 0.15) is 23.6 Å². The summed E-state index contributed by atoms with van der Waals surface area (Å²) in [5.41, 5.74) is 3.50. The summed E-state index contributed by atoms with van der Waals surface area (Å²) in [4.78, 5) is 26.3. The number of benzene rings is 2. The van der Waals surface area contributed by atoms with Crippen LogP contribution in [0.15, 0.2) is 36.4 Å². The molecule has 0 aliphatic heterocycles. The van der Waals surface area contributed by atoms with E-state index >= 15 is 0 Å². The van der Waals surface area contributed by atoms with Crippen LogP contribution in [0.5, 0.6) is 11.5 Å². The van der Waals surface area contributed by atoms with Crippen LogP contribution in [0.4, 0.5) is 10.5 Å². The number of amides is 3. The minimum atomic E-state index is -0.570. The molecule has 0 heterocycles. The molecule has 0 radical (unpaired) electrons. The third-order valence-electron chi connectivity index (χ3n) is 4.58. The highest BCUT2D eigenvalue weighted by Gasteiger charge is 2.21. The van der Waals surface area contributed by atoms with Crippen molar-refractivity contribution in [3.63, 3.8) is 0 Å². The number of methoxy groups -OCH3 is 1. The van der Waals surface area contributed by atoms with E-state index in [1.165, 1.54) is 7.11 Å². The number of aromatic hydroxyl groups is 1. The van der Waals surface area contributed by atoms with Crippen molar-refractivity contribution in [3.05, 3.63) is 53.1 Å². The Morgan fingerprint density at radius 2 is 1.89 bits per heavy atom. The van der Waals surface area contributed by atoms with E-state index in [0.29, 0.717) is 18.0 Å². The highest BCUT2D eigenvalue weighted by atomic mass is 16.5. The first-order valence-corrected chi connectivity index (χ1v) is 8.96. The number of anilines is 1. The Labute approximate surface area is 165 Å². The van der Waals surface area contributed by atoms with Gasteiger partial charge in [-0.05, 0) is 57.1 Å². The quantitative estimate of drug-likeness (QED) is 0.710. The summed E-state index contributed by atoms with van der Waals surface area (Å²) in [5.74, 6) is 0.0149. The molecule has 7 nitrogen and oxygen atoms in total. The molecule has 0 fully saturated rings. The number of aryl methyl sites for hydroxylation is 2. The number of urea groups is 1. The summed E-state index contributed by atoms with van der Waals surface area (Å²) in [6, 6.07) is 9.61. The predicted octanol–water partition coefficient (Wildman–Crippen LogP) is 3.19. The van der Waals surface area contributed by atoms with Crippen LogP contribution in [0.3, 0.4) is 0 Å². The normalized spacial score (nSPS) is 11.8. The number of imide groups is 1. The molecular weight excluding hydrogens is 358 g/mol. The molecule has 0 spiro atoms. The van der Waals surface area contributed by atoms with Gasteiger partial charge in [0.25, 0.3) is 0 Å². The summed E-state index contributed by atoms with van der Waals surface area (Å²) in [5, 5.41) is 14.9. The highest BCUT2D eigenvalue weighted by molar-refractivity contribution is 6.03. The lowest BCUT2D eigenvalue weighted by molar-refractivity contribution is -0.124. The summed E-state index contributed by atoms with van der Waals surface area (Å²) >= 11 is 0. The number of carbonyl (C=O) groups is 2. The summed E-state index contributed by atoms with van der Waals surface area (Å²) in [6.07, 6.45) is 0. The number of phenolic OH excluding ortho intramolecular Hbond substituents is 1. The molecule has 2 aromatic rings. The van der Waals surface area contributed by atoms with Gasteiger partial charge in [-0.1, -0.05) is 23.8 Å². The number of likely N-dealkylation sites (N-methyl/N-ethyl adjacent to an activating group) is 1. The molecule has 0 aliphatic carbocycles. The maximum atomic E-state index is 12.4. The Balaban J connectivity index is 1.93. The number of rotatable bonds is 6. The van der Waals surface area contributed by atoms with Crippen LogP contribution < -0.4 is 15.4 Å².